The molecule has 15 heavy (non-hydrogen) atoms. The van der Waals surface area contributed by atoms with Gasteiger partial charge in [0.2, 0.25) is 0 Å². The van der Waals surface area contributed by atoms with Crippen molar-refractivity contribution in [1.29, 1.82) is 0 Å². The van der Waals surface area contributed by atoms with E-state index < -0.39 is 11.7 Å². The molecule has 5 heteroatoms. The molecule has 82 valence electrons. The number of carbonyl (C=O) groups is 1. The topological polar surface area (TPSA) is 29.1 Å². The highest BCUT2D eigenvalue weighted by Crippen LogP contribution is 2.25. The summed E-state index contributed by atoms with van der Waals surface area (Å²) >= 11 is 8.81. The monoisotopic (exact) mass is 293 g/mol. The van der Waals surface area contributed by atoms with Gasteiger partial charge >= 0.3 is 0 Å². The molecule has 0 aliphatic heterocycles. The lowest BCUT2D eigenvalue weighted by molar-refractivity contribution is 0.0939. The summed E-state index contributed by atoms with van der Waals surface area (Å²) in [6, 6.07) is 2.45. The van der Waals surface area contributed by atoms with Crippen molar-refractivity contribution in [3.05, 3.63) is 33.0 Å². The number of amides is 1. The van der Waals surface area contributed by atoms with Gasteiger partial charge in [0.15, 0.2) is 0 Å². The number of halogens is 3. The van der Waals surface area contributed by atoms with Crippen LogP contribution in [0.3, 0.4) is 0 Å². The minimum atomic E-state index is -0.624. The molecule has 1 aromatic carbocycles. The third-order valence-electron chi connectivity index (χ3n) is 1.67. The van der Waals surface area contributed by atoms with Gasteiger partial charge in [-0.25, -0.2) is 4.39 Å². The third-order valence-corrected chi connectivity index (χ3v) is 2.87. The molecule has 0 aliphatic carbocycles. The van der Waals surface area contributed by atoms with Crippen LogP contribution in [-0.4, -0.2) is 11.9 Å². The van der Waals surface area contributed by atoms with Crippen molar-refractivity contribution in [2.75, 3.05) is 0 Å². The molecule has 0 spiro atoms. The van der Waals surface area contributed by atoms with Gasteiger partial charge in [-0.2, -0.15) is 0 Å². The molecule has 0 saturated heterocycles. The highest BCUT2D eigenvalue weighted by atomic mass is 79.9. The molecule has 0 aliphatic rings. The average Bonchev–Trinajstić information content (AvgIpc) is 2.09. The SMILES string of the molecule is CC(C)NC(=O)c1cc(Br)c(Cl)cc1F. The Morgan fingerprint density at radius 2 is 2.13 bits per heavy atom. The van der Waals surface area contributed by atoms with E-state index in [2.05, 4.69) is 21.2 Å². The second kappa shape index (κ2) is 4.94. The molecule has 0 bridgehead atoms. The van der Waals surface area contributed by atoms with Crippen LogP contribution >= 0.6 is 27.5 Å². The van der Waals surface area contributed by atoms with E-state index in [1.165, 1.54) is 6.07 Å². The molecule has 0 saturated carbocycles. The zero-order valence-corrected chi connectivity index (χ0v) is 10.6. The molecule has 0 fully saturated rings. The van der Waals surface area contributed by atoms with Crippen LogP contribution in [0.4, 0.5) is 4.39 Å². The first-order valence-corrected chi connectivity index (χ1v) is 5.54. The van der Waals surface area contributed by atoms with Crippen LogP contribution in [0.15, 0.2) is 16.6 Å². The van der Waals surface area contributed by atoms with E-state index in [0.717, 1.165) is 6.07 Å². The second-order valence-corrected chi connectivity index (χ2v) is 4.64. The Morgan fingerprint density at radius 1 is 1.53 bits per heavy atom. The molecular formula is C10H10BrClFNO. The minimum absolute atomic E-state index is 0.0139. The lowest BCUT2D eigenvalue weighted by Crippen LogP contribution is -2.30. The van der Waals surface area contributed by atoms with E-state index in [4.69, 9.17) is 11.6 Å². The number of hydrogen-bond acceptors (Lipinski definition) is 1. The van der Waals surface area contributed by atoms with Gasteiger partial charge in [0, 0.05) is 10.5 Å². The van der Waals surface area contributed by atoms with Crippen molar-refractivity contribution >= 4 is 33.4 Å². The van der Waals surface area contributed by atoms with E-state index in [-0.39, 0.29) is 16.6 Å². The first-order chi connectivity index (χ1) is 6.91. The smallest absolute Gasteiger partial charge is 0.254 e. The minimum Gasteiger partial charge on any atom is -0.350 e. The highest BCUT2D eigenvalue weighted by molar-refractivity contribution is 9.10. The van der Waals surface area contributed by atoms with Crippen LogP contribution in [0.1, 0.15) is 24.2 Å². The quantitative estimate of drug-likeness (QED) is 0.832. The van der Waals surface area contributed by atoms with Gasteiger partial charge < -0.3 is 5.32 Å². The normalized spacial score (nSPS) is 10.5. The van der Waals surface area contributed by atoms with Crippen LogP contribution in [0.5, 0.6) is 0 Å². The molecule has 0 radical (unpaired) electrons. The van der Waals surface area contributed by atoms with E-state index in [1.54, 1.807) is 13.8 Å². The number of hydrogen-bond donors (Lipinski definition) is 1. The summed E-state index contributed by atoms with van der Waals surface area (Å²) in [6.45, 7) is 3.61. The summed E-state index contributed by atoms with van der Waals surface area (Å²) in [5.41, 5.74) is -0.0139. The number of rotatable bonds is 2. The molecule has 1 aromatic rings. The van der Waals surface area contributed by atoms with Crippen molar-refractivity contribution in [3.8, 4) is 0 Å². The summed E-state index contributed by atoms with van der Waals surface area (Å²) in [4.78, 5) is 11.5. The van der Waals surface area contributed by atoms with Gasteiger partial charge in [-0.05, 0) is 41.9 Å². The summed E-state index contributed by atoms with van der Waals surface area (Å²) < 4.78 is 13.9. The first-order valence-electron chi connectivity index (χ1n) is 4.37. The Morgan fingerprint density at radius 3 is 2.67 bits per heavy atom. The van der Waals surface area contributed by atoms with E-state index in [1.807, 2.05) is 0 Å². The summed E-state index contributed by atoms with van der Waals surface area (Å²) in [6.07, 6.45) is 0. The fourth-order valence-electron chi connectivity index (χ4n) is 1.04. The Labute approximate surface area is 101 Å². The van der Waals surface area contributed by atoms with Gasteiger partial charge in [-0.3, -0.25) is 4.79 Å². The van der Waals surface area contributed by atoms with Gasteiger partial charge in [-0.1, -0.05) is 11.6 Å². The van der Waals surface area contributed by atoms with E-state index >= 15 is 0 Å². The Bertz CT molecular complexity index is 395. The summed E-state index contributed by atoms with van der Waals surface area (Å²) in [5, 5.41) is 2.85. The fourth-order valence-corrected chi connectivity index (χ4v) is 1.53. The third kappa shape index (κ3) is 3.18. The van der Waals surface area contributed by atoms with Crippen LogP contribution in [0.25, 0.3) is 0 Å². The van der Waals surface area contributed by atoms with Crippen molar-refractivity contribution < 1.29 is 9.18 Å². The largest absolute Gasteiger partial charge is 0.350 e. The Kier molecular flexibility index (Phi) is 4.11. The van der Waals surface area contributed by atoms with Crippen LogP contribution in [-0.2, 0) is 0 Å². The van der Waals surface area contributed by atoms with Crippen LogP contribution in [0, 0.1) is 5.82 Å². The lowest BCUT2D eigenvalue weighted by Gasteiger charge is -2.09. The zero-order chi connectivity index (χ0) is 11.6. The molecule has 1 amide bonds. The van der Waals surface area contributed by atoms with Crippen molar-refractivity contribution in [1.82, 2.24) is 5.32 Å². The van der Waals surface area contributed by atoms with Crippen molar-refractivity contribution in [2.45, 2.75) is 19.9 Å². The molecule has 0 heterocycles. The first kappa shape index (κ1) is 12.5. The van der Waals surface area contributed by atoms with Gasteiger partial charge in [0.1, 0.15) is 5.82 Å². The predicted octanol–water partition coefficient (Wildman–Crippen LogP) is 3.38. The lowest BCUT2D eigenvalue weighted by atomic mass is 10.2. The Hall–Kier alpha value is -0.610. The van der Waals surface area contributed by atoms with E-state index in [9.17, 15) is 9.18 Å². The van der Waals surface area contributed by atoms with Crippen molar-refractivity contribution in [2.24, 2.45) is 0 Å². The molecule has 0 unspecified atom stereocenters. The summed E-state index contributed by atoms with van der Waals surface area (Å²) in [5.74, 6) is -1.07. The van der Waals surface area contributed by atoms with E-state index in [0.29, 0.717) is 4.47 Å². The molecule has 1 N–H and O–H groups in total. The van der Waals surface area contributed by atoms with Gasteiger partial charge in [-0.15, -0.1) is 0 Å². The number of carbonyl (C=O) groups excluding carboxylic acids is 1. The maximum Gasteiger partial charge on any atom is 0.254 e. The molecule has 2 nitrogen and oxygen atoms in total. The van der Waals surface area contributed by atoms with Crippen LogP contribution in [0.2, 0.25) is 5.02 Å². The number of benzene rings is 1. The fraction of sp³-hybridized carbons (Fsp3) is 0.300. The average molecular weight is 295 g/mol. The van der Waals surface area contributed by atoms with Gasteiger partial charge in [0.05, 0.1) is 10.6 Å². The molecule has 0 aromatic heterocycles. The molecule has 0 atom stereocenters. The zero-order valence-electron chi connectivity index (χ0n) is 8.27. The maximum atomic E-state index is 13.4. The highest BCUT2D eigenvalue weighted by Gasteiger charge is 2.14. The van der Waals surface area contributed by atoms with Crippen LogP contribution < -0.4 is 5.32 Å². The molecular weight excluding hydrogens is 284 g/mol. The predicted molar refractivity (Wildman–Crippen MR) is 61.7 cm³/mol. The standard InChI is InChI=1S/C10H10BrClFNO/c1-5(2)14-10(15)6-3-7(11)8(12)4-9(6)13/h3-5H,1-2H3,(H,14,15). The van der Waals surface area contributed by atoms with Gasteiger partial charge in [0.25, 0.3) is 5.91 Å². The summed E-state index contributed by atoms with van der Waals surface area (Å²) in [7, 11) is 0. The number of nitrogens with one attached hydrogen (secondary N) is 1. The Balaban J connectivity index is 3.04. The second-order valence-electron chi connectivity index (χ2n) is 3.37. The maximum absolute atomic E-state index is 13.4. The molecule has 1 rings (SSSR count). The van der Waals surface area contributed by atoms with Crippen molar-refractivity contribution in [3.63, 3.8) is 0 Å².